The molecule has 1 aromatic carbocycles. The number of aromatic nitrogens is 3. The predicted molar refractivity (Wildman–Crippen MR) is 117 cm³/mol. The molecule has 1 N–H and O–H groups in total. The first-order valence-corrected chi connectivity index (χ1v) is 13.4. The molecular weight excluding hydrogens is 390 g/mol. The summed E-state index contributed by atoms with van der Waals surface area (Å²) in [6.45, 7) is 11.8. The second-order valence-electron chi connectivity index (χ2n) is 8.02. The molecule has 7 heteroatoms. The lowest BCUT2D eigenvalue weighted by atomic mass is 10.0. The number of fused-ring (bicyclic) bond motifs is 1. The summed E-state index contributed by atoms with van der Waals surface area (Å²) in [4.78, 5) is 8.84. The topological polar surface area (TPSA) is 60.2 Å². The molecule has 0 saturated heterocycles. The van der Waals surface area contributed by atoms with E-state index in [1.807, 2.05) is 41.1 Å². The molecular formula is C21H26ClN3O2Si. The van der Waals surface area contributed by atoms with Crippen molar-refractivity contribution in [2.45, 2.75) is 38.5 Å². The zero-order valence-corrected chi connectivity index (χ0v) is 18.3. The Morgan fingerprint density at radius 1 is 1.29 bits per heavy atom. The van der Waals surface area contributed by atoms with Crippen molar-refractivity contribution in [3.63, 3.8) is 0 Å². The lowest BCUT2D eigenvalue weighted by molar-refractivity contribution is 0.0899. The highest BCUT2D eigenvalue weighted by atomic mass is 35.5. The second-order valence-corrected chi connectivity index (χ2v) is 14.0. The molecule has 0 aliphatic heterocycles. The van der Waals surface area contributed by atoms with Crippen LogP contribution in [0.3, 0.4) is 0 Å². The Kier molecular flexibility index (Phi) is 6.35. The first-order valence-electron chi connectivity index (χ1n) is 9.29. The van der Waals surface area contributed by atoms with Gasteiger partial charge in [-0.3, -0.25) is 0 Å². The summed E-state index contributed by atoms with van der Waals surface area (Å²) in [5.41, 5.74) is 3.08. The number of ether oxygens (including phenoxy) is 1. The Bertz CT molecular complexity index is 981. The first kappa shape index (κ1) is 20.7. The summed E-state index contributed by atoms with van der Waals surface area (Å²) < 4.78 is 7.81. The molecule has 2 aromatic heterocycles. The van der Waals surface area contributed by atoms with Gasteiger partial charge in [0.1, 0.15) is 12.4 Å². The van der Waals surface area contributed by atoms with E-state index in [0.29, 0.717) is 6.73 Å². The quantitative estimate of drug-likeness (QED) is 0.235. The Morgan fingerprint density at radius 2 is 2.07 bits per heavy atom. The molecule has 0 aliphatic rings. The summed E-state index contributed by atoms with van der Waals surface area (Å²) in [6.07, 6.45) is 2.71. The molecule has 0 spiro atoms. The minimum absolute atomic E-state index is 0.180. The van der Waals surface area contributed by atoms with Crippen molar-refractivity contribution in [2.24, 2.45) is 0 Å². The highest BCUT2D eigenvalue weighted by Crippen LogP contribution is 2.30. The van der Waals surface area contributed by atoms with Crippen molar-refractivity contribution in [1.29, 1.82) is 0 Å². The van der Waals surface area contributed by atoms with Crippen LogP contribution in [0.25, 0.3) is 22.3 Å². The number of halogens is 1. The molecule has 0 saturated carbocycles. The standard InChI is InChI=1S/C21H26ClN3O2Si/c1-5-18(26)15-7-6-8-16(13-15)19-17-9-10-25(20(17)24-21(22)23-19)14-27-11-12-28(2,3)4/h5-10,13,18,26H,1,11-12,14H2,2-4H3. The van der Waals surface area contributed by atoms with Gasteiger partial charge in [0.05, 0.1) is 11.8 Å². The monoisotopic (exact) mass is 415 g/mol. The van der Waals surface area contributed by atoms with E-state index in [-0.39, 0.29) is 5.28 Å². The maximum absolute atomic E-state index is 10.1. The molecule has 0 aliphatic carbocycles. The van der Waals surface area contributed by atoms with Crippen LogP contribution in [0.2, 0.25) is 31.0 Å². The average molecular weight is 416 g/mol. The zero-order valence-electron chi connectivity index (χ0n) is 16.5. The van der Waals surface area contributed by atoms with Crippen LogP contribution in [-0.4, -0.2) is 34.3 Å². The summed E-state index contributed by atoms with van der Waals surface area (Å²) in [5, 5.41) is 11.1. The van der Waals surface area contributed by atoms with Crippen LogP contribution in [0.1, 0.15) is 11.7 Å². The van der Waals surface area contributed by atoms with Crippen LogP contribution in [0, 0.1) is 0 Å². The Hall–Kier alpha value is -1.99. The highest BCUT2D eigenvalue weighted by molar-refractivity contribution is 6.76. The third-order valence-electron chi connectivity index (χ3n) is 4.54. The van der Waals surface area contributed by atoms with Crippen molar-refractivity contribution >= 4 is 30.7 Å². The summed E-state index contributed by atoms with van der Waals surface area (Å²) >= 11 is 6.22. The van der Waals surface area contributed by atoms with Gasteiger partial charge in [-0.25, -0.2) is 4.98 Å². The fourth-order valence-electron chi connectivity index (χ4n) is 2.91. The fourth-order valence-corrected chi connectivity index (χ4v) is 3.83. The zero-order chi connectivity index (χ0) is 20.3. The molecule has 0 amide bonds. The van der Waals surface area contributed by atoms with Crippen LogP contribution < -0.4 is 0 Å². The van der Waals surface area contributed by atoms with E-state index in [2.05, 4.69) is 36.2 Å². The van der Waals surface area contributed by atoms with Gasteiger partial charge in [-0.2, -0.15) is 4.98 Å². The van der Waals surface area contributed by atoms with Gasteiger partial charge in [0, 0.05) is 31.8 Å². The first-order chi connectivity index (χ1) is 13.3. The largest absolute Gasteiger partial charge is 0.384 e. The lowest BCUT2D eigenvalue weighted by Crippen LogP contribution is -2.22. The van der Waals surface area contributed by atoms with Gasteiger partial charge in [-0.1, -0.05) is 43.9 Å². The van der Waals surface area contributed by atoms with Gasteiger partial charge in [-0.15, -0.1) is 6.58 Å². The normalized spacial score (nSPS) is 13.0. The van der Waals surface area contributed by atoms with E-state index in [1.165, 1.54) is 6.08 Å². The average Bonchev–Trinajstić information content (AvgIpc) is 3.06. The van der Waals surface area contributed by atoms with Crippen LogP contribution in [0.4, 0.5) is 0 Å². The number of nitrogens with zero attached hydrogens (tertiary/aromatic N) is 3. The molecule has 5 nitrogen and oxygen atoms in total. The molecule has 2 heterocycles. The molecule has 1 atom stereocenters. The number of aliphatic hydroxyl groups excluding tert-OH is 1. The van der Waals surface area contributed by atoms with Crippen molar-refractivity contribution in [3.05, 3.63) is 60.0 Å². The molecule has 3 rings (SSSR count). The van der Waals surface area contributed by atoms with Gasteiger partial charge < -0.3 is 14.4 Å². The van der Waals surface area contributed by atoms with Crippen LogP contribution >= 0.6 is 11.6 Å². The smallest absolute Gasteiger partial charge is 0.224 e. The SMILES string of the molecule is C=CC(O)c1cccc(-c2nc(Cl)nc3c2ccn3COCC[Si](C)(C)C)c1. The van der Waals surface area contributed by atoms with Gasteiger partial charge in [0.25, 0.3) is 0 Å². The number of hydrogen-bond donors (Lipinski definition) is 1. The Morgan fingerprint density at radius 3 is 2.79 bits per heavy atom. The molecule has 0 fully saturated rings. The third kappa shape index (κ3) is 4.88. The van der Waals surface area contributed by atoms with Gasteiger partial charge >= 0.3 is 0 Å². The summed E-state index contributed by atoms with van der Waals surface area (Å²) in [6, 6.07) is 10.7. The minimum Gasteiger partial charge on any atom is -0.384 e. The van der Waals surface area contributed by atoms with Crippen LogP contribution in [0.5, 0.6) is 0 Å². The maximum atomic E-state index is 10.1. The molecule has 3 aromatic rings. The van der Waals surface area contributed by atoms with Crippen LogP contribution in [-0.2, 0) is 11.5 Å². The second kappa shape index (κ2) is 8.57. The molecule has 1 unspecified atom stereocenters. The number of aliphatic hydroxyl groups is 1. The van der Waals surface area contributed by atoms with Gasteiger partial charge in [-0.05, 0) is 35.3 Å². The molecule has 0 radical (unpaired) electrons. The Balaban J connectivity index is 1.91. The summed E-state index contributed by atoms with van der Waals surface area (Å²) in [5.74, 6) is 0. The van der Waals surface area contributed by atoms with Crippen LogP contribution in [0.15, 0.2) is 49.2 Å². The van der Waals surface area contributed by atoms with E-state index in [1.54, 1.807) is 0 Å². The highest BCUT2D eigenvalue weighted by Gasteiger charge is 2.15. The van der Waals surface area contributed by atoms with E-state index in [0.717, 1.165) is 40.5 Å². The number of benzene rings is 1. The van der Waals surface area contributed by atoms with Crippen molar-refractivity contribution < 1.29 is 9.84 Å². The van der Waals surface area contributed by atoms with E-state index in [4.69, 9.17) is 16.3 Å². The minimum atomic E-state index is -1.12. The molecule has 148 valence electrons. The number of hydrogen-bond acceptors (Lipinski definition) is 4. The van der Waals surface area contributed by atoms with Crippen molar-refractivity contribution in [1.82, 2.24) is 14.5 Å². The number of rotatable bonds is 8. The third-order valence-corrected chi connectivity index (χ3v) is 6.42. The Labute approximate surface area is 171 Å². The van der Waals surface area contributed by atoms with E-state index in [9.17, 15) is 5.11 Å². The predicted octanol–water partition coefficient (Wildman–Crippen LogP) is 5.28. The maximum Gasteiger partial charge on any atom is 0.224 e. The fraction of sp³-hybridized carbons (Fsp3) is 0.333. The van der Waals surface area contributed by atoms with E-state index < -0.39 is 14.2 Å². The molecule has 28 heavy (non-hydrogen) atoms. The lowest BCUT2D eigenvalue weighted by Gasteiger charge is -2.15. The van der Waals surface area contributed by atoms with Crippen molar-refractivity contribution in [2.75, 3.05) is 6.61 Å². The van der Waals surface area contributed by atoms with Gasteiger partial charge in [0.15, 0.2) is 0 Å². The van der Waals surface area contributed by atoms with Gasteiger partial charge in [0.2, 0.25) is 5.28 Å². The summed E-state index contributed by atoms with van der Waals surface area (Å²) in [7, 11) is -1.12. The van der Waals surface area contributed by atoms with Crippen molar-refractivity contribution in [3.8, 4) is 11.3 Å². The molecule has 0 bridgehead atoms. The van der Waals surface area contributed by atoms with E-state index >= 15 is 0 Å².